The second-order valence-corrected chi connectivity index (χ2v) is 7.19. The maximum absolute atomic E-state index is 12.5. The molecule has 3 aromatic rings. The van der Waals surface area contributed by atoms with Crippen LogP contribution in [0.15, 0.2) is 34.7 Å². The molecular formula is C13H12ClN3O2S2. The fourth-order valence-electron chi connectivity index (χ4n) is 2.09. The van der Waals surface area contributed by atoms with E-state index in [0.717, 1.165) is 5.69 Å². The monoisotopic (exact) mass is 341 g/mol. The number of aryl methyl sites for hydroxylation is 1. The minimum Gasteiger partial charge on any atom is -0.360 e. The van der Waals surface area contributed by atoms with Crippen LogP contribution in [-0.4, -0.2) is 17.8 Å². The van der Waals surface area contributed by atoms with Gasteiger partial charge in [-0.15, -0.1) is 0 Å². The van der Waals surface area contributed by atoms with E-state index in [0.29, 0.717) is 28.0 Å². The Bertz CT molecular complexity index is 899. The molecule has 0 saturated heterocycles. The smallest absolute Gasteiger partial charge is 0.264 e. The average molecular weight is 342 g/mol. The van der Waals surface area contributed by atoms with Gasteiger partial charge in [0, 0.05) is 27.5 Å². The van der Waals surface area contributed by atoms with E-state index in [-0.39, 0.29) is 4.90 Å². The van der Waals surface area contributed by atoms with Gasteiger partial charge in [0.1, 0.15) is 4.90 Å². The van der Waals surface area contributed by atoms with Crippen molar-refractivity contribution in [2.24, 2.45) is 0 Å². The molecule has 2 aromatic heterocycles. The van der Waals surface area contributed by atoms with Crippen molar-refractivity contribution in [1.29, 1.82) is 0 Å². The van der Waals surface area contributed by atoms with Crippen LogP contribution in [0.1, 0.15) is 12.6 Å². The highest BCUT2D eigenvalue weighted by Gasteiger charge is 2.21. The van der Waals surface area contributed by atoms with Crippen molar-refractivity contribution in [3.8, 4) is 0 Å². The van der Waals surface area contributed by atoms with E-state index in [1.807, 2.05) is 6.92 Å². The zero-order chi connectivity index (χ0) is 15.0. The summed E-state index contributed by atoms with van der Waals surface area (Å²) in [5.74, 6) is 0. The second-order valence-electron chi connectivity index (χ2n) is 4.48. The summed E-state index contributed by atoms with van der Waals surface area (Å²) in [4.78, 5) is 3.12. The summed E-state index contributed by atoms with van der Waals surface area (Å²) in [5.41, 5.74) is 1.96. The lowest BCUT2D eigenvalue weighted by Crippen LogP contribution is -2.13. The Labute approximate surface area is 131 Å². The lowest BCUT2D eigenvalue weighted by atomic mass is 10.2. The number of benzene rings is 1. The zero-order valence-electron chi connectivity index (χ0n) is 11.1. The Hall–Kier alpha value is -1.57. The van der Waals surface area contributed by atoms with Crippen LogP contribution < -0.4 is 4.72 Å². The number of aromatic amines is 1. The van der Waals surface area contributed by atoms with Gasteiger partial charge in [-0.2, -0.15) is 4.37 Å². The van der Waals surface area contributed by atoms with E-state index in [4.69, 9.17) is 11.6 Å². The third-order valence-corrected chi connectivity index (χ3v) is 5.43. The van der Waals surface area contributed by atoms with Gasteiger partial charge in [0.2, 0.25) is 0 Å². The first-order chi connectivity index (χ1) is 10.0. The van der Waals surface area contributed by atoms with Gasteiger partial charge in [-0.05, 0) is 36.2 Å². The van der Waals surface area contributed by atoms with Gasteiger partial charge in [0.15, 0.2) is 0 Å². The Balaban J connectivity index is 2.04. The molecule has 2 heterocycles. The SMILES string of the molecule is CCc1nscc1NS(=O)(=O)c1c[nH]c2cc(Cl)ccc12. The summed E-state index contributed by atoms with van der Waals surface area (Å²) in [6, 6.07) is 5.05. The quantitative estimate of drug-likeness (QED) is 0.760. The molecule has 0 aliphatic carbocycles. The predicted octanol–water partition coefficient (Wildman–Crippen LogP) is 3.64. The third-order valence-electron chi connectivity index (χ3n) is 3.12. The lowest BCUT2D eigenvalue weighted by Gasteiger charge is -2.06. The van der Waals surface area contributed by atoms with Crippen LogP contribution in [0.5, 0.6) is 0 Å². The van der Waals surface area contributed by atoms with Crippen LogP contribution in [0.3, 0.4) is 0 Å². The fraction of sp³-hybridized carbons (Fsp3) is 0.154. The summed E-state index contributed by atoms with van der Waals surface area (Å²) in [5, 5.41) is 2.85. The van der Waals surface area contributed by atoms with Crippen LogP contribution >= 0.6 is 23.1 Å². The molecule has 21 heavy (non-hydrogen) atoms. The first-order valence-corrected chi connectivity index (χ1v) is 8.93. The number of rotatable bonds is 4. The Morgan fingerprint density at radius 1 is 1.43 bits per heavy atom. The number of fused-ring (bicyclic) bond motifs is 1. The van der Waals surface area contributed by atoms with E-state index in [1.165, 1.54) is 17.7 Å². The number of H-pyrrole nitrogens is 1. The highest BCUT2D eigenvalue weighted by atomic mass is 35.5. The van der Waals surface area contributed by atoms with E-state index >= 15 is 0 Å². The van der Waals surface area contributed by atoms with Gasteiger partial charge in [-0.25, -0.2) is 8.42 Å². The van der Waals surface area contributed by atoms with Crippen molar-refractivity contribution >= 4 is 49.7 Å². The number of aromatic nitrogens is 2. The van der Waals surface area contributed by atoms with Gasteiger partial charge in [0.25, 0.3) is 10.0 Å². The van der Waals surface area contributed by atoms with Crippen molar-refractivity contribution in [1.82, 2.24) is 9.36 Å². The number of hydrogen-bond donors (Lipinski definition) is 2. The first kappa shape index (κ1) is 14.4. The zero-order valence-corrected chi connectivity index (χ0v) is 13.4. The molecule has 3 rings (SSSR count). The number of nitrogens with one attached hydrogen (secondary N) is 2. The summed E-state index contributed by atoms with van der Waals surface area (Å²) in [6.07, 6.45) is 2.14. The average Bonchev–Trinajstić information content (AvgIpc) is 3.04. The minimum atomic E-state index is -3.67. The molecular weight excluding hydrogens is 330 g/mol. The standard InChI is InChI=1S/C13H12ClN3O2S2/c1-2-10-12(7-20-16-10)17-21(18,19)13-6-15-11-5-8(14)3-4-9(11)13/h3-7,15,17H,2H2,1H3. The van der Waals surface area contributed by atoms with E-state index < -0.39 is 10.0 Å². The molecule has 0 radical (unpaired) electrons. The number of hydrogen-bond acceptors (Lipinski definition) is 4. The summed E-state index contributed by atoms with van der Waals surface area (Å²) >= 11 is 7.14. The van der Waals surface area contributed by atoms with Gasteiger partial charge >= 0.3 is 0 Å². The van der Waals surface area contributed by atoms with Crippen molar-refractivity contribution < 1.29 is 8.42 Å². The fourth-order valence-corrected chi connectivity index (χ4v) is 4.30. The number of nitrogens with zero attached hydrogens (tertiary/aromatic N) is 1. The molecule has 1 aromatic carbocycles. The summed E-state index contributed by atoms with van der Waals surface area (Å²) < 4.78 is 31.8. The number of sulfonamides is 1. The third kappa shape index (κ3) is 2.64. The minimum absolute atomic E-state index is 0.197. The highest BCUT2D eigenvalue weighted by molar-refractivity contribution is 7.93. The molecule has 0 aliphatic heterocycles. The lowest BCUT2D eigenvalue weighted by molar-refractivity contribution is 0.602. The van der Waals surface area contributed by atoms with Gasteiger partial charge < -0.3 is 4.98 Å². The Morgan fingerprint density at radius 3 is 3.00 bits per heavy atom. The largest absolute Gasteiger partial charge is 0.360 e. The highest BCUT2D eigenvalue weighted by Crippen LogP contribution is 2.28. The predicted molar refractivity (Wildman–Crippen MR) is 85.6 cm³/mol. The molecule has 0 saturated carbocycles. The molecule has 0 spiro atoms. The molecule has 0 fully saturated rings. The van der Waals surface area contributed by atoms with Crippen molar-refractivity contribution in [3.05, 3.63) is 40.5 Å². The molecule has 0 atom stereocenters. The molecule has 5 nitrogen and oxygen atoms in total. The van der Waals surface area contributed by atoms with Crippen molar-refractivity contribution in [2.75, 3.05) is 4.72 Å². The summed E-state index contributed by atoms with van der Waals surface area (Å²) in [6.45, 7) is 1.93. The van der Waals surface area contributed by atoms with Crippen molar-refractivity contribution in [3.63, 3.8) is 0 Å². The number of halogens is 1. The molecule has 0 amide bonds. The van der Waals surface area contributed by atoms with E-state index in [9.17, 15) is 8.42 Å². The molecule has 0 bridgehead atoms. The summed E-state index contributed by atoms with van der Waals surface area (Å²) in [7, 11) is -3.67. The maximum atomic E-state index is 12.5. The van der Waals surface area contributed by atoms with Gasteiger partial charge in [-0.1, -0.05) is 18.5 Å². The molecule has 0 aliphatic rings. The van der Waals surface area contributed by atoms with Gasteiger partial charge in [-0.3, -0.25) is 4.72 Å². The van der Waals surface area contributed by atoms with E-state index in [2.05, 4.69) is 14.1 Å². The van der Waals surface area contributed by atoms with Crippen LogP contribution in [-0.2, 0) is 16.4 Å². The van der Waals surface area contributed by atoms with Gasteiger partial charge in [0.05, 0.1) is 11.4 Å². The van der Waals surface area contributed by atoms with Crippen LogP contribution in [0.2, 0.25) is 5.02 Å². The first-order valence-electron chi connectivity index (χ1n) is 6.24. The van der Waals surface area contributed by atoms with Crippen molar-refractivity contribution in [2.45, 2.75) is 18.2 Å². The number of anilines is 1. The Morgan fingerprint density at radius 2 is 2.24 bits per heavy atom. The normalized spacial score (nSPS) is 11.9. The molecule has 0 unspecified atom stereocenters. The Kier molecular flexibility index (Phi) is 3.64. The molecule has 110 valence electrons. The van der Waals surface area contributed by atoms with Crippen LogP contribution in [0, 0.1) is 0 Å². The van der Waals surface area contributed by atoms with Crippen LogP contribution in [0.25, 0.3) is 10.9 Å². The van der Waals surface area contributed by atoms with Crippen LogP contribution in [0.4, 0.5) is 5.69 Å². The topological polar surface area (TPSA) is 74.8 Å². The molecule has 2 N–H and O–H groups in total. The van der Waals surface area contributed by atoms with E-state index in [1.54, 1.807) is 23.6 Å². The molecule has 8 heteroatoms. The second kappa shape index (κ2) is 5.32. The maximum Gasteiger partial charge on any atom is 0.264 e.